The summed E-state index contributed by atoms with van der Waals surface area (Å²) in [5, 5.41) is 0. The maximum Gasteiger partial charge on any atom is 0.329 e. The van der Waals surface area contributed by atoms with E-state index in [9.17, 15) is 9.59 Å². The molecule has 25 heavy (non-hydrogen) atoms. The Kier molecular flexibility index (Phi) is 6.44. The van der Waals surface area contributed by atoms with Crippen LogP contribution in [0, 0.1) is 0 Å². The summed E-state index contributed by atoms with van der Waals surface area (Å²) in [4.78, 5) is 26.3. The van der Waals surface area contributed by atoms with Crippen LogP contribution in [0.1, 0.15) is 19.4 Å². The maximum atomic E-state index is 12.7. The standard InChI is InChI=1S/C17H19NO5S2/c1-5-23-16(20)10(2)18-15(19)14(25-17(18)24)8-11-6-7-12(21-3)9-13(11)22-4/h6-10H,5H2,1-4H3/b14-8-/t10-/m0/s1. The number of benzene rings is 1. The topological polar surface area (TPSA) is 65.1 Å². The first-order chi connectivity index (χ1) is 11.9. The molecule has 1 heterocycles. The molecule has 8 heteroatoms. The highest BCUT2D eigenvalue weighted by molar-refractivity contribution is 8.26. The Morgan fingerprint density at radius 2 is 2.08 bits per heavy atom. The van der Waals surface area contributed by atoms with E-state index in [0.29, 0.717) is 26.3 Å². The number of rotatable bonds is 6. The molecule has 0 N–H and O–H groups in total. The number of carbonyl (C=O) groups excluding carboxylic acids is 2. The lowest BCUT2D eigenvalue weighted by Crippen LogP contribution is -2.42. The summed E-state index contributed by atoms with van der Waals surface area (Å²) in [7, 11) is 3.11. The van der Waals surface area contributed by atoms with Crippen molar-refractivity contribution in [3.8, 4) is 11.5 Å². The fraction of sp³-hybridized carbons (Fsp3) is 0.353. The Bertz CT molecular complexity index is 732. The lowest BCUT2D eigenvalue weighted by atomic mass is 10.1. The minimum absolute atomic E-state index is 0.247. The molecule has 1 aliphatic rings. The molecule has 1 aromatic rings. The molecule has 134 valence electrons. The summed E-state index contributed by atoms with van der Waals surface area (Å²) in [5.41, 5.74) is 0.715. The van der Waals surface area contributed by atoms with Gasteiger partial charge in [-0.2, -0.15) is 0 Å². The van der Waals surface area contributed by atoms with Gasteiger partial charge in [0, 0.05) is 11.6 Å². The molecule has 0 radical (unpaired) electrons. The summed E-state index contributed by atoms with van der Waals surface area (Å²) < 4.78 is 15.8. The van der Waals surface area contributed by atoms with Gasteiger partial charge in [0.15, 0.2) is 0 Å². The predicted octanol–water partition coefficient (Wildman–Crippen LogP) is 2.86. The van der Waals surface area contributed by atoms with Crippen LogP contribution < -0.4 is 9.47 Å². The van der Waals surface area contributed by atoms with Crippen LogP contribution >= 0.6 is 24.0 Å². The molecule has 0 aliphatic carbocycles. The van der Waals surface area contributed by atoms with Gasteiger partial charge in [-0.15, -0.1) is 0 Å². The normalized spacial score (nSPS) is 17.0. The van der Waals surface area contributed by atoms with Crippen LogP contribution in [0.4, 0.5) is 0 Å². The van der Waals surface area contributed by atoms with Crippen molar-refractivity contribution < 1.29 is 23.8 Å². The smallest absolute Gasteiger partial charge is 0.329 e. The van der Waals surface area contributed by atoms with E-state index in [-0.39, 0.29) is 12.5 Å². The lowest BCUT2D eigenvalue weighted by Gasteiger charge is -2.21. The van der Waals surface area contributed by atoms with Gasteiger partial charge in [0.25, 0.3) is 5.91 Å². The number of ether oxygens (including phenoxy) is 3. The Balaban J connectivity index is 2.30. The zero-order valence-corrected chi connectivity index (χ0v) is 16.0. The molecule has 2 rings (SSSR count). The number of methoxy groups -OCH3 is 2. The van der Waals surface area contributed by atoms with Crippen molar-refractivity contribution in [1.82, 2.24) is 4.90 Å². The van der Waals surface area contributed by atoms with Gasteiger partial charge in [-0.1, -0.05) is 24.0 Å². The molecular formula is C17H19NO5S2. The van der Waals surface area contributed by atoms with Crippen LogP contribution in [0.2, 0.25) is 0 Å². The molecule has 1 fully saturated rings. The summed E-state index contributed by atoms with van der Waals surface area (Å²) in [6.45, 7) is 3.56. The average molecular weight is 381 g/mol. The number of thiocarbonyl (C=S) groups is 1. The first-order valence-corrected chi connectivity index (χ1v) is 8.81. The number of hydrogen-bond acceptors (Lipinski definition) is 7. The van der Waals surface area contributed by atoms with Crippen LogP contribution in [0.15, 0.2) is 23.1 Å². The molecule has 1 aromatic carbocycles. The van der Waals surface area contributed by atoms with Crippen molar-refractivity contribution in [1.29, 1.82) is 0 Å². The SMILES string of the molecule is CCOC(=O)[C@H](C)N1C(=O)/C(=C/c2ccc(OC)cc2OC)SC1=S. The highest BCUT2D eigenvalue weighted by atomic mass is 32.2. The van der Waals surface area contributed by atoms with Gasteiger partial charge in [-0.05, 0) is 32.1 Å². The quantitative estimate of drug-likeness (QED) is 0.426. The Hall–Kier alpha value is -2.06. The third kappa shape index (κ3) is 4.13. The van der Waals surface area contributed by atoms with Gasteiger partial charge in [0.05, 0.1) is 25.7 Å². The highest BCUT2D eigenvalue weighted by Gasteiger charge is 2.38. The van der Waals surface area contributed by atoms with Gasteiger partial charge < -0.3 is 14.2 Å². The second kappa shape index (κ2) is 8.35. The largest absolute Gasteiger partial charge is 0.497 e. The van der Waals surface area contributed by atoms with E-state index in [2.05, 4.69) is 0 Å². The zero-order valence-electron chi connectivity index (χ0n) is 14.4. The molecule has 0 bridgehead atoms. The highest BCUT2D eigenvalue weighted by Crippen LogP contribution is 2.36. The van der Waals surface area contributed by atoms with Crippen molar-refractivity contribution in [3.63, 3.8) is 0 Å². The number of carbonyl (C=O) groups is 2. The van der Waals surface area contributed by atoms with Gasteiger partial charge in [-0.3, -0.25) is 9.69 Å². The van der Waals surface area contributed by atoms with Gasteiger partial charge in [-0.25, -0.2) is 4.79 Å². The molecule has 1 saturated heterocycles. The van der Waals surface area contributed by atoms with Crippen molar-refractivity contribution in [3.05, 3.63) is 28.7 Å². The number of amides is 1. The molecule has 0 aromatic heterocycles. The molecule has 1 aliphatic heterocycles. The number of nitrogens with zero attached hydrogens (tertiary/aromatic N) is 1. The fourth-order valence-electron chi connectivity index (χ4n) is 2.26. The van der Waals surface area contributed by atoms with Gasteiger partial charge >= 0.3 is 5.97 Å². The predicted molar refractivity (Wildman–Crippen MR) is 101 cm³/mol. The van der Waals surface area contributed by atoms with Crippen LogP contribution in [-0.2, 0) is 14.3 Å². The van der Waals surface area contributed by atoms with Crippen molar-refractivity contribution in [2.45, 2.75) is 19.9 Å². The first-order valence-electron chi connectivity index (χ1n) is 7.58. The van der Waals surface area contributed by atoms with E-state index in [4.69, 9.17) is 26.4 Å². The third-order valence-corrected chi connectivity index (χ3v) is 4.90. The van der Waals surface area contributed by atoms with E-state index in [1.165, 1.54) is 4.90 Å². The number of thioether (sulfide) groups is 1. The fourth-order valence-corrected chi connectivity index (χ4v) is 3.67. The number of esters is 1. The first kappa shape index (κ1) is 19.3. The second-order valence-corrected chi connectivity index (χ2v) is 6.76. The monoisotopic (exact) mass is 381 g/mol. The molecule has 6 nitrogen and oxygen atoms in total. The molecule has 0 saturated carbocycles. The van der Waals surface area contributed by atoms with Crippen molar-refractivity contribution in [2.24, 2.45) is 0 Å². The summed E-state index contributed by atoms with van der Waals surface area (Å²) in [6, 6.07) is 4.53. The van der Waals surface area contributed by atoms with E-state index in [1.54, 1.807) is 52.3 Å². The minimum atomic E-state index is -0.767. The van der Waals surface area contributed by atoms with Crippen LogP contribution in [0.25, 0.3) is 6.08 Å². The van der Waals surface area contributed by atoms with Gasteiger partial charge in [0.2, 0.25) is 0 Å². The van der Waals surface area contributed by atoms with E-state index < -0.39 is 12.0 Å². The van der Waals surface area contributed by atoms with Crippen LogP contribution in [-0.4, -0.2) is 48.0 Å². The molecule has 0 spiro atoms. The minimum Gasteiger partial charge on any atom is -0.497 e. The summed E-state index contributed by atoms with van der Waals surface area (Å²) in [6.07, 6.45) is 1.69. The van der Waals surface area contributed by atoms with Crippen LogP contribution in [0.3, 0.4) is 0 Å². The summed E-state index contributed by atoms with van der Waals surface area (Å²) in [5.74, 6) is 0.413. The van der Waals surface area contributed by atoms with Crippen molar-refractivity contribution >= 4 is 46.3 Å². The van der Waals surface area contributed by atoms with E-state index in [1.807, 2.05) is 0 Å². The third-order valence-electron chi connectivity index (χ3n) is 3.57. The summed E-state index contributed by atoms with van der Waals surface area (Å²) >= 11 is 6.40. The second-order valence-electron chi connectivity index (χ2n) is 5.09. The molecule has 0 unspecified atom stereocenters. The van der Waals surface area contributed by atoms with E-state index in [0.717, 1.165) is 11.8 Å². The molecular weight excluding hydrogens is 362 g/mol. The number of hydrogen-bond donors (Lipinski definition) is 0. The average Bonchev–Trinajstić information content (AvgIpc) is 2.88. The molecule has 1 atom stereocenters. The maximum absolute atomic E-state index is 12.7. The molecule has 1 amide bonds. The Labute approximate surface area is 156 Å². The lowest BCUT2D eigenvalue weighted by molar-refractivity contribution is -0.149. The van der Waals surface area contributed by atoms with E-state index >= 15 is 0 Å². The van der Waals surface area contributed by atoms with Crippen LogP contribution in [0.5, 0.6) is 11.5 Å². The van der Waals surface area contributed by atoms with Gasteiger partial charge in [0.1, 0.15) is 21.9 Å². The Morgan fingerprint density at radius 1 is 1.36 bits per heavy atom. The zero-order chi connectivity index (χ0) is 18.6. The Morgan fingerprint density at radius 3 is 2.68 bits per heavy atom. The van der Waals surface area contributed by atoms with Crippen molar-refractivity contribution in [2.75, 3.05) is 20.8 Å².